The van der Waals surface area contributed by atoms with Crippen LogP contribution in [-0.2, 0) is 19.0 Å². The van der Waals surface area contributed by atoms with E-state index in [0.717, 1.165) is 0 Å². The minimum atomic E-state index is -1.02. The zero-order valence-corrected chi connectivity index (χ0v) is 15.0. The van der Waals surface area contributed by atoms with Gasteiger partial charge in [0, 0.05) is 5.56 Å². The smallest absolute Gasteiger partial charge is 0.414 e. The van der Waals surface area contributed by atoms with Crippen LogP contribution < -0.4 is 4.90 Å². The van der Waals surface area contributed by atoms with Crippen molar-refractivity contribution >= 4 is 17.7 Å². The van der Waals surface area contributed by atoms with E-state index in [-0.39, 0.29) is 31.8 Å². The van der Waals surface area contributed by atoms with Crippen LogP contribution in [-0.4, -0.2) is 53.7 Å². The lowest BCUT2D eigenvalue weighted by Gasteiger charge is -2.48. The third-order valence-electron chi connectivity index (χ3n) is 4.68. The Labute approximate surface area is 156 Å². The number of hydrogen-bond acceptors (Lipinski definition) is 7. The van der Waals surface area contributed by atoms with Crippen LogP contribution in [0.1, 0.15) is 31.4 Å². The molecule has 27 heavy (non-hydrogen) atoms. The van der Waals surface area contributed by atoms with Gasteiger partial charge in [-0.1, -0.05) is 12.7 Å². The Bertz CT molecular complexity index is 735. The van der Waals surface area contributed by atoms with Crippen LogP contribution in [0.2, 0.25) is 0 Å². The summed E-state index contributed by atoms with van der Waals surface area (Å²) in [4.78, 5) is 25.8. The molecule has 0 radical (unpaired) electrons. The molecular weight excluding hydrogens is 354 g/mol. The molecule has 4 atom stereocenters. The Morgan fingerprint density at radius 1 is 1.41 bits per heavy atom. The fourth-order valence-corrected chi connectivity index (χ4v) is 3.61. The topological polar surface area (TPSA) is 106 Å². The highest BCUT2D eigenvalue weighted by atomic mass is 16.6. The van der Waals surface area contributed by atoms with E-state index in [4.69, 9.17) is 14.2 Å². The lowest BCUT2D eigenvalue weighted by molar-refractivity contribution is -0.160. The van der Waals surface area contributed by atoms with Gasteiger partial charge in [-0.05, 0) is 31.5 Å². The molecule has 1 aromatic carbocycles. The average molecular weight is 377 g/mol. The van der Waals surface area contributed by atoms with Crippen molar-refractivity contribution in [3.63, 3.8) is 0 Å². The van der Waals surface area contributed by atoms with Crippen molar-refractivity contribution in [3.05, 3.63) is 36.4 Å². The lowest BCUT2D eigenvalue weighted by Crippen LogP contribution is -2.58. The number of rotatable bonds is 5. The van der Waals surface area contributed by atoms with Crippen LogP contribution in [0.5, 0.6) is 5.75 Å². The fourth-order valence-electron chi connectivity index (χ4n) is 3.61. The van der Waals surface area contributed by atoms with Crippen LogP contribution in [0.25, 0.3) is 0 Å². The average Bonchev–Trinajstić information content (AvgIpc) is 2.62. The maximum Gasteiger partial charge on any atom is 0.414 e. The molecule has 1 aromatic rings. The monoisotopic (exact) mass is 377 g/mol. The van der Waals surface area contributed by atoms with Crippen LogP contribution in [0.3, 0.4) is 0 Å². The SMILES string of the molecule is C=CCOC(=O)N1c2ccc(O)cc2[C@H]2O[C@H](CC(=O)OCC)C[C@H]1[C@@H]2O. The first-order valence-electron chi connectivity index (χ1n) is 8.85. The van der Waals surface area contributed by atoms with E-state index in [2.05, 4.69) is 6.58 Å². The molecule has 8 nitrogen and oxygen atoms in total. The molecule has 1 amide bonds. The Morgan fingerprint density at radius 3 is 2.89 bits per heavy atom. The number of phenolic OH excluding ortho intramolecular Hbond substituents is 1. The molecule has 2 N–H and O–H groups in total. The highest BCUT2D eigenvalue weighted by Crippen LogP contribution is 2.46. The third-order valence-corrected chi connectivity index (χ3v) is 4.68. The predicted molar refractivity (Wildman–Crippen MR) is 95.4 cm³/mol. The number of nitrogens with zero attached hydrogens (tertiary/aromatic N) is 1. The number of fused-ring (bicyclic) bond motifs is 4. The quantitative estimate of drug-likeness (QED) is 0.597. The molecule has 2 bridgehead atoms. The number of hydrogen-bond donors (Lipinski definition) is 2. The molecule has 146 valence electrons. The van der Waals surface area contributed by atoms with E-state index < -0.39 is 36.4 Å². The summed E-state index contributed by atoms with van der Waals surface area (Å²) < 4.78 is 16.1. The van der Waals surface area contributed by atoms with E-state index >= 15 is 0 Å². The number of aliphatic hydroxyl groups excluding tert-OH is 1. The number of carbonyl (C=O) groups excluding carboxylic acids is 2. The van der Waals surface area contributed by atoms with Crippen molar-refractivity contribution in [1.29, 1.82) is 0 Å². The maximum absolute atomic E-state index is 12.6. The Balaban J connectivity index is 1.94. The Hall–Kier alpha value is -2.58. The second kappa shape index (κ2) is 7.98. The molecule has 0 unspecified atom stereocenters. The molecule has 2 aliphatic heterocycles. The first-order chi connectivity index (χ1) is 13.0. The minimum Gasteiger partial charge on any atom is -0.508 e. The van der Waals surface area contributed by atoms with Gasteiger partial charge < -0.3 is 24.4 Å². The molecule has 1 fully saturated rings. The second-order valence-corrected chi connectivity index (χ2v) is 6.46. The summed E-state index contributed by atoms with van der Waals surface area (Å²) >= 11 is 0. The number of ether oxygens (including phenoxy) is 3. The minimum absolute atomic E-state index is 0.0112. The highest BCUT2D eigenvalue weighted by molar-refractivity contribution is 5.91. The molecule has 2 aliphatic rings. The lowest BCUT2D eigenvalue weighted by atomic mass is 9.84. The molecule has 0 aromatic heterocycles. The molecule has 2 heterocycles. The van der Waals surface area contributed by atoms with Gasteiger partial charge in [0.15, 0.2) is 0 Å². The van der Waals surface area contributed by atoms with Crippen LogP contribution in [0.15, 0.2) is 30.9 Å². The number of carbonyl (C=O) groups is 2. The number of benzene rings is 1. The molecular formula is C19H23NO7. The van der Waals surface area contributed by atoms with Crippen molar-refractivity contribution in [3.8, 4) is 5.75 Å². The number of anilines is 1. The van der Waals surface area contributed by atoms with Crippen molar-refractivity contribution in [2.24, 2.45) is 0 Å². The molecule has 1 saturated heterocycles. The predicted octanol–water partition coefficient (Wildman–Crippen LogP) is 2.05. The number of esters is 1. The van der Waals surface area contributed by atoms with Crippen molar-refractivity contribution in [2.45, 2.75) is 44.1 Å². The summed E-state index contributed by atoms with van der Waals surface area (Å²) in [7, 11) is 0. The van der Waals surface area contributed by atoms with Crippen LogP contribution >= 0.6 is 0 Å². The van der Waals surface area contributed by atoms with E-state index in [1.54, 1.807) is 13.0 Å². The van der Waals surface area contributed by atoms with Crippen molar-refractivity contribution < 1.29 is 34.0 Å². The molecule has 8 heteroatoms. The van der Waals surface area contributed by atoms with Crippen LogP contribution in [0, 0.1) is 0 Å². The number of amides is 1. The highest BCUT2D eigenvalue weighted by Gasteiger charge is 2.49. The fraction of sp³-hybridized carbons (Fsp3) is 0.474. The summed E-state index contributed by atoms with van der Waals surface area (Å²) in [5.74, 6) is -0.427. The molecule has 0 saturated carbocycles. The number of aliphatic hydroxyl groups is 1. The molecule has 0 aliphatic carbocycles. The standard InChI is InChI=1S/C19H23NO7/c1-3-7-26-19(24)20-14-6-5-11(21)8-13(14)18-17(23)15(20)9-12(27-18)10-16(22)25-4-2/h3,5-6,8,12,15,17-18,21,23H,1,4,7,9-10H2,2H3/t12-,15-,17-,18+/m0/s1. The van der Waals surface area contributed by atoms with E-state index in [1.165, 1.54) is 23.1 Å². The molecule has 3 rings (SSSR count). The summed E-state index contributed by atoms with van der Waals surface area (Å²) in [5, 5.41) is 20.6. The van der Waals surface area contributed by atoms with Gasteiger partial charge in [0.05, 0.1) is 30.9 Å². The van der Waals surface area contributed by atoms with E-state index in [0.29, 0.717) is 11.3 Å². The summed E-state index contributed by atoms with van der Waals surface area (Å²) in [6, 6.07) is 3.86. The number of aromatic hydroxyl groups is 1. The first-order valence-corrected chi connectivity index (χ1v) is 8.85. The van der Waals surface area contributed by atoms with Gasteiger partial charge in [-0.15, -0.1) is 0 Å². The Kier molecular flexibility index (Phi) is 5.67. The summed E-state index contributed by atoms with van der Waals surface area (Å²) in [5.41, 5.74) is 0.958. The number of phenols is 1. The van der Waals surface area contributed by atoms with E-state index in [9.17, 15) is 19.8 Å². The van der Waals surface area contributed by atoms with Crippen molar-refractivity contribution in [2.75, 3.05) is 18.1 Å². The summed E-state index contributed by atoms with van der Waals surface area (Å²) in [6.45, 7) is 5.53. The van der Waals surface area contributed by atoms with Crippen molar-refractivity contribution in [1.82, 2.24) is 0 Å². The van der Waals surface area contributed by atoms with Gasteiger partial charge in [-0.25, -0.2) is 4.79 Å². The molecule has 0 spiro atoms. The van der Waals surface area contributed by atoms with Gasteiger partial charge in [-0.3, -0.25) is 9.69 Å². The van der Waals surface area contributed by atoms with Gasteiger partial charge >= 0.3 is 12.1 Å². The Morgan fingerprint density at radius 2 is 2.19 bits per heavy atom. The maximum atomic E-state index is 12.6. The van der Waals surface area contributed by atoms with Gasteiger partial charge in [0.2, 0.25) is 0 Å². The van der Waals surface area contributed by atoms with Gasteiger partial charge in [-0.2, -0.15) is 0 Å². The largest absolute Gasteiger partial charge is 0.508 e. The third kappa shape index (κ3) is 3.77. The second-order valence-electron chi connectivity index (χ2n) is 6.46. The normalized spacial score (nSPS) is 26.1. The van der Waals surface area contributed by atoms with Crippen LogP contribution in [0.4, 0.5) is 10.5 Å². The summed E-state index contributed by atoms with van der Waals surface area (Å²) in [6.07, 6.45) is -1.25. The zero-order chi connectivity index (χ0) is 19.6. The van der Waals surface area contributed by atoms with Gasteiger partial charge in [0.25, 0.3) is 0 Å². The van der Waals surface area contributed by atoms with E-state index in [1.807, 2.05) is 0 Å². The zero-order valence-electron chi connectivity index (χ0n) is 15.0. The van der Waals surface area contributed by atoms with Gasteiger partial charge in [0.1, 0.15) is 24.6 Å². The first kappa shape index (κ1) is 19.2.